The molecule has 5 heteroatoms. The number of rotatable bonds is 2. The fraction of sp³-hybridized carbons (Fsp3) is 0.375. The Morgan fingerprint density at radius 1 is 1.33 bits per heavy atom. The van der Waals surface area contributed by atoms with Gasteiger partial charge in [0, 0.05) is 30.3 Å². The smallest absolute Gasteiger partial charge is 0.255 e. The van der Waals surface area contributed by atoms with E-state index in [1.54, 1.807) is 0 Å². The molecule has 4 rings (SSSR count). The van der Waals surface area contributed by atoms with Crippen LogP contribution >= 0.6 is 0 Å². The van der Waals surface area contributed by atoms with Crippen molar-refractivity contribution in [2.75, 3.05) is 13.1 Å². The summed E-state index contributed by atoms with van der Waals surface area (Å²) in [6.07, 6.45) is 1.02. The van der Waals surface area contributed by atoms with E-state index in [2.05, 4.69) is 16.1 Å². The zero-order valence-corrected chi connectivity index (χ0v) is 12.0. The molecule has 0 radical (unpaired) electrons. The highest BCUT2D eigenvalue weighted by atomic mass is 16.5. The van der Waals surface area contributed by atoms with Crippen molar-refractivity contribution in [1.29, 1.82) is 0 Å². The summed E-state index contributed by atoms with van der Waals surface area (Å²) in [6, 6.07) is 9.87. The highest BCUT2D eigenvalue weighted by molar-refractivity contribution is 5.99. The Morgan fingerprint density at radius 3 is 3.00 bits per heavy atom. The van der Waals surface area contributed by atoms with Gasteiger partial charge in [-0.2, -0.15) is 0 Å². The maximum Gasteiger partial charge on any atom is 0.255 e. The van der Waals surface area contributed by atoms with Gasteiger partial charge >= 0.3 is 0 Å². The lowest BCUT2D eigenvalue weighted by atomic mass is 10.1. The van der Waals surface area contributed by atoms with Crippen molar-refractivity contribution in [1.82, 2.24) is 15.0 Å². The minimum atomic E-state index is 0.0351. The number of benzene rings is 1. The molecular formula is C16H17N3O2. The first-order chi connectivity index (χ1) is 10.2. The van der Waals surface area contributed by atoms with E-state index in [-0.39, 0.29) is 12.1 Å². The van der Waals surface area contributed by atoms with Crippen LogP contribution in [0.25, 0.3) is 0 Å². The number of aryl methyl sites for hydroxylation is 1. The summed E-state index contributed by atoms with van der Waals surface area (Å²) >= 11 is 0. The third-order valence-electron chi connectivity index (χ3n) is 4.25. The Kier molecular flexibility index (Phi) is 2.82. The minimum Gasteiger partial charge on any atom is -0.360 e. The molecule has 5 nitrogen and oxygen atoms in total. The standard InChI is InChI=1S/C16H17N3O2/c1-11-9-12(21-17-11)10-18-7-4-8-19-15(18)13-5-2-3-6-14(13)16(19)20/h2-3,5-6,9,15H,4,7-8,10H2,1H3/t15-/m0/s1. The van der Waals surface area contributed by atoms with Gasteiger partial charge in [0.25, 0.3) is 5.91 Å². The van der Waals surface area contributed by atoms with Crippen LogP contribution in [0.4, 0.5) is 0 Å². The molecule has 2 aliphatic rings. The van der Waals surface area contributed by atoms with E-state index >= 15 is 0 Å². The van der Waals surface area contributed by atoms with Crippen LogP contribution in [0.2, 0.25) is 0 Å². The second-order valence-corrected chi connectivity index (χ2v) is 5.72. The van der Waals surface area contributed by atoms with E-state index in [4.69, 9.17) is 4.52 Å². The van der Waals surface area contributed by atoms with Gasteiger partial charge in [0.1, 0.15) is 6.17 Å². The quantitative estimate of drug-likeness (QED) is 0.849. The van der Waals surface area contributed by atoms with Gasteiger partial charge in [0.05, 0.1) is 12.2 Å². The molecule has 1 fully saturated rings. The summed E-state index contributed by atoms with van der Waals surface area (Å²) in [5, 5.41) is 3.94. The zero-order chi connectivity index (χ0) is 14.4. The SMILES string of the molecule is Cc1cc(CN2CCCN3C(=O)c4ccccc4[C@@H]23)on1. The predicted octanol–water partition coefficient (Wildman–Crippen LogP) is 2.34. The van der Waals surface area contributed by atoms with Gasteiger partial charge in [-0.1, -0.05) is 23.4 Å². The summed E-state index contributed by atoms with van der Waals surface area (Å²) < 4.78 is 5.34. The number of aromatic nitrogens is 1. The first-order valence-corrected chi connectivity index (χ1v) is 7.30. The van der Waals surface area contributed by atoms with Crippen molar-refractivity contribution in [3.63, 3.8) is 0 Å². The van der Waals surface area contributed by atoms with E-state index in [1.807, 2.05) is 36.1 Å². The van der Waals surface area contributed by atoms with Gasteiger partial charge in [-0.15, -0.1) is 0 Å². The number of nitrogens with zero attached hydrogens (tertiary/aromatic N) is 3. The second kappa shape index (κ2) is 4.70. The normalized spacial score (nSPS) is 21.5. The van der Waals surface area contributed by atoms with Crippen LogP contribution in [0, 0.1) is 6.92 Å². The van der Waals surface area contributed by atoms with E-state index in [0.717, 1.165) is 42.1 Å². The molecule has 1 aromatic heterocycles. The monoisotopic (exact) mass is 283 g/mol. The van der Waals surface area contributed by atoms with Gasteiger partial charge in [0.2, 0.25) is 0 Å². The zero-order valence-electron chi connectivity index (χ0n) is 12.0. The number of amides is 1. The molecule has 0 bridgehead atoms. The second-order valence-electron chi connectivity index (χ2n) is 5.72. The molecule has 0 N–H and O–H groups in total. The summed E-state index contributed by atoms with van der Waals surface area (Å²) in [4.78, 5) is 16.8. The molecule has 3 heterocycles. The van der Waals surface area contributed by atoms with Crippen molar-refractivity contribution in [3.8, 4) is 0 Å². The molecule has 21 heavy (non-hydrogen) atoms. The summed E-state index contributed by atoms with van der Waals surface area (Å²) in [5.74, 6) is 1.00. The molecule has 0 aliphatic carbocycles. The molecule has 0 unspecified atom stereocenters. The summed E-state index contributed by atoms with van der Waals surface area (Å²) in [5.41, 5.74) is 2.84. The highest BCUT2D eigenvalue weighted by Gasteiger charge is 2.42. The molecule has 1 aromatic carbocycles. The molecule has 108 valence electrons. The van der Waals surface area contributed by atoms with Gasteiger partial charge in [-0.3, -0.25) is 9.69 Å². The highest BCUT2D eigenvalue weighted by Crippen LogP contribution is 2.39. The van der Waals surface area contributed by atoms with Crippen LogP contribution in [0.3, 0.4) is 0 Å². The number of fused-ring (bicyclic) bond motifs is 3. The van der Waals surface area contributed by atoms with Crippen molar-refractivity contribution < 1.29 is 9.32 Å². The third-order valence-corrected chi connectivity index (χ3v) is 4.25. The molecule has 2 aliphatic heterocycles. The Balaban J connectivity index is 1.68. The van der Waals surface area contributed by atoms with E-state index in [1.165, 1.54) is 0 Å². The van der Waals surface area contributed by atoms with Gasteiger partial charge in [0.15, 0.2) is 5.76 Å². The van der Waals surface area contributed by atoms with Gasteiger partial charge in [-0.05, 0) is 19.4 Å². The van der Waals surface area contributed by atoms with Crippen molar-refractivity contribution in [3.05, 3.63) is 52.9 Å². The topological polar surface area (TPSA) is 49.6 Å². The molecule has 1 amide bonds. The predicted molar refractivity (Wildman–Crippen MR) is 76.5 cm³/mol. The van der Waals surface area contributed by atoms with E-state index in [9.17, 15) is 4.79 Å². The maximum absolute atomic E-state index is 12.5. The van der Waals surface area contributed by atoms with Crippen molar-refractivity contribution >= 4 is 5.91 Å². The molecule has 0 saturated carbocycles. The third kappa shape index (κ3) is 1.96. The Morgan fingerprint density at radius 2 is 2.19 bits per heavy atom. The van der Waals surface area contributed by atoms with Gasteiger partial charge in [-0.25, -0.2) is 0 Å². The lowest BCUT2D eigenvalue weighted by Crippen LogP contribution is -2.45. The Hall–Kier alpha value is -2.14. The number of carbonyl (C=O) groups is 1. The van der Waals surface area contributed by atoms with Crippen LogP contribution in [-0.4, -0.2) is 34.0 Å². The average Bonchev–Trinajstić information content (AvgIpc) is 3.03. The summed E-state index contributed by atoms with van der Waals surface area (Å²) in [7, 11) is 0. The fourth-order valence-corrected chi connectivity index (χ4v) is 3.39. The first-order valence-electron chi connectivity index (χ1n) is 7.30. The number of hydrogen-bond acceptors (Lipinski definition) is 4. The average molecular weight is 283 g/mol. The lowest BCUT2D eigenvalue weighted by Gasteiger charge is -2.39. The van der Waals surface area contributed by atoms with Crippen LogP contribution in [-0.2, 0) is 6.54 Å². The molecule has 1 saturated heterocycles. The Bertz CT molecular complexity index is 694. The first kappa shape index (κ1) is 12.6. The molecule has 0 spiro atoms. The number of hydrogen-bond donors (Lipinski definition) is 0. The minimum absolute atomic E-state index is 0.0351. The molecule has 2 aromatic rings. The largest absolute Gasteiger partial charge is 0.360 e. The van der Waals surface area contributed by atoms with Crippen LogP contribution < -0.4 is 0 Å². The number of carbonyl (C=O) groups excluding carboxylic acids is 1. The Labute approximate surface area is 123 Å². The van der Waals surface area contributed by atoms with Crippen molar-refractivity contribution in [2.45, 2.75) is 26.1 Å². The fourth-order valence-electron chi connectivity index (χ4n) is 3.39. The maximum atomic E-state index is 12.5. The van der Waals surface area contributed by atoms with E-state index < -0.39 is 0 Å². The lowest BCUT2D eigenvalue weighted by molar-refractivity contribution is 0.00865. The van der Waals surface area contributed by atoms with Crippen LogP contribution in [0.5, 0.6) is 0 Å². The van der Waals surface area contributed by atoms with Gasteiger partial charge < -0.3 is 9.42 Å². The molecular weight excluding hydrogens is 266 g/mol. The van der Waals surface area contributed by atoms with Crippen LogP contribution in [0.15, 0.2) is 34.9 Å². The summed E-state index contributed by atoms with van der Waals surface area (Å²) in [6.45, 7) is 4.39. The van der Waals surface area contributed by atoms with Crippen LogP contribution in [0.1, 0.15) is 40.0 Å². The van der Waals surface area contributed by atoms with E-state index in [0.29, 0.717) is 6.54 Å². The van der Waals surface area contributed by atoms with Crippen molar-refractivity contribution in [2.24, 2.45) is 0 Å². The molecule has 1 atom stereocenters.